The molecular formula is C22H23N3. The third-order valence-electron chi connectivity index (χ3n) is 4.22. The molecule has 25 heavy (non-hydrogen) atoms. The molecule has 0 aromatic heterocycles. The highest BCUT2D eigenvalue weighted by molar-refractivity contribution is 6.43. The van der Waals surface area contributed by atoms with E-state index < -0.39 is 0 Å². The Hall–Kier alpha value is -2.81. The summed E-state index contributed by atoms with van der Waals surface area (Å²) in [6.07, 6.45) is 2.97. The average Bonchev–Trinajstić information content (AvgIpc) is 3.16. The van der Waals surface area contributed by atoms with Crippen LogP contribution in [0, 0.1) is 0 Å². The molecule has 0 aliphatic carbocycles. The number of rotatable bonds is 6. The first-order valence-electron chi connectivity index (χ1n) is 8.61. The Balaban J connectivity index is 1.62. The van der Waals surface area contributed by atoms with E-state index in [1.165, 1.54) is 11.1 Å². The van der Waals surface area contributed by atoms with Crippen LogP contribution < -0.4 is 0 Å². The molecule has 0 saturated carbocycles. The van der Waals surface area contributed by atoms with E-state index in [2.05, 4.69) is 40.3 Å². The van der Waals surface area contributed by atoms with Crippen molar-refractivity contribution in [3.63, 3.8) is 0 Å². The molecule has 1 heterocycles. The van der Waals surface area contributed by atoms with Crippen LogP contribution in [0.2, 0.25) is 0 Å². The summed E-state index contributed by atoms with van der Waals surface area (Å²) in [5.74, 6) is 0. The van der Waals surface area contributed by atoms with Crippen LogP contribution in [-0.2, 0) is 13.1 Å². The normalized spacial score (nSPS) is 15.1. The van der Waals surface area contributed by atoms with E-state index in [9.17, 15) is 0 Å². The maximum absolute atomic E-state index is 4.73. The first-order valence-corrected chi connectivity index (χ1v) is 8.61. The van der Waals surface area contributed by atoms with Crippen LogP contribution in [0.5, 0.6) is 0 Å². The number of benzene rings is 2. The van der Waals surface area contributed by atoms with Gasteiger partial charge in [-0.3, -0.25) is 9.98 Å². The van der Waals surface area contributed by atoms with E-state index >= 15 is 0 Å². The predicted octanol–water partition coefficient (Wildman–Crippen LogP) is 5.04. The fraction of sp³-hybridized carbons (Fsp3) is 0.227. The molecule has 0 saturated heterocycles. The zero-order valence-electron chi connectivity index (χ0n) is 14.8. The van der Waals surface area contributed by atoms with Crippen molar-refractivity contribution in [2.45, 2.75) is 33.4 Å². The monoisotopic (exact) mass is 329 g/mol. The second-order valence-electron chi connectivity index (χ2n) is 6.13. The molecule has 126 valence electrons. The lowest BCUT2D eigenvalue weighted by Crippen LogP contribution is -2.08. The van der Waals surface area contributed by atoms with Crippen molar-refractivity contribution in [1.82, 2.24) is 0 Å². The molecule has 0 spiro atoms. The van der Waals surface area contributed by atoms with Gasteiger partial charge in [-0.2, -0.15) is 0 Å². The van der Waals surface area contributed by atoms with Gasteiger partial charge in [-0.05, 0) is 25.0 Å². The second-order valence-corrected chi connectivity index (χ2v) is 6.13. The van der Waals surface area contributed by atoms with Crippen molar-refractivity contribution < 1.29 is 0 Å². The average molecular weight is 329 g/mol. The lowest BCUT2D eigenvalue weighted by atomic mass is 10.2. The molecule has 0 fully saturated rings. The third-order valence-corrected chi connectivity index (χ3v) is 4.22. The fourth-order valence-corrected chi connectivity index (χ4v) is 2.65. The molecule has 0 atom stereocenters. The van der Waals surface area contributed by atoms with Crippen molar-refractivity contribution in [2.24, 2.45) is 15.0 Å². The van der Waals surface area contributed by atoms with Gasteiger partial charge in [0.2, 0.25) is 0 Å². The quantitative estimate of drug-likeness (QED) is 0.666. The van der Waals surface area contributed by atoms with Gasteiger partial charge < -0.3 is 0 Å². The van der Waals surface area contributed by atoms with E-state index in [1.54, 1.807) is 0 Å². The van der Waals surface area contributed by atoms with E-state index in [0.717, 1.165) is 29.3 Å². The molecule has 3 heteroatoms. The first kappa shape index (κ1) is 17.0. The Morgan fingerprint density at radius 2 is 1.32 bits per heavy atom. The molecular weight excluding hydrogens is 306 g/mol. The van der Waals surface area contributed by atoms with Crippen LogP contribution in [0.25, 0.3) is 0 Å². The first-order chi connectivity index (χ1) is 12.2. The number of aliphatic imine (C=N–C) groups is 3. The Morgan fingerprint density at radius 3 is 1.88 bits per heavy atom. The van der Waals surface area contributed by atoms with Gasteiger partial charge in [0.25, 0.3) is 0 Å². The minimum absolute atomic E-state index is 0.690. The Kier molecular flexibility index (Phi) is 5.68. The summed E-state index contributed by atoms with van der Waals surface area (Å²) in [6, 6.07) is 20.6. The maximum atomic E-state index is 4.73. The van der Waals surface area contributed by atoms with E-state index in [0.29, 0.717) is 13.1 Å². The van der Waals surface area contributed by atoms with Crippen LogP contribution in [0.15, 0.2) is 87.4 Å². The number of allylic oxidation sites excluding steroid dienone is 2. The maximum Gasteiger partial charge on any atom is 0.0805 e. The molecule has 1 aliphatic rings. The van der Waals surface area contributed by atoms with Crippen LogP contribution >= 0.6 is 0 Å². The van der Waals surface area contributed by atoms with E-state index in [1.807, 2.05) is 50.2 Å². The molecule has 0 amide bonds. The van der Waals surface area contributed by atoms with E-state index in [-0.39, 0.29) is 0 Å². The second kappa shape index (κ2) is 8.34. The zero-order valence-corrected chi connectivity index (χ0v) is 14.8. The third kappa shape index (κ3) is 4.83. The summed E-state index contributed by atoms with van der Waals surface area (Å²) in [6.45, 7) is 5.45. The van der Waals surface area contributed by atoms with Crippen LogP contribution in [0.4, 0.5) is 0 Å². The van der Waals surface area contributed by atoms with Crippen molar-refractivity contribution in [3.05, 3.63) is 83.6 Å². The summed E-state index contributed by atoms with van der Waals surface area (Å²) in [7, 11) is 0. The number of hydrogen-bond donors (Lipinski definition) is 0. The predicted molar refractivity (Wildman–Crippen MR) is 107 cm³/mol. The molecule has 3 nitrogen and oxygen atoms in total. The minimum Gasteiger partial charge on any atom is -0.283 e. The van der Waals surface area contributed by atoms with Gasteiger partial charge in [-0.15, -0.1) is 0 Å². The standard InChI is InChI=1S/C22H23N3/c1-17(23-15-19-9-5-3-6-10-19)21-13-14-22(25-21)18(2)24-16-20-11-7-4-8-12-20/h3-13H,14-16H2,1-2H3. The van der Waals surface area contributed by atoms with E-state index in [4.69, 9.17) is 4.99 Å². The van der Waals surface area contributed by atoms with Gasteiger partial charge in [0.05, 0.1) is 35.9 Å². The molecule has 3 rings (SSSR count). The smallest absolute Gasteiger partial charge is 0.0805 e. The van der Waals surface area contributed by atoms with Crippen LogP contribution in [0.3, 0.4) is 0 Å². The summed E-state index contributed by atoms with van der Waals surface area (Å²) in [5, 5.41) is 0. The van der Waals surface area contributed by atoms with Crippen molar-refractivity contribution in [1.29, 1.82) is 0 Å². The topological polar surface area (TPSA) is 37.1 Å². The van der Waals surface area contributed by atoms with Crippen LogP contribution in [-0.4, -0.2) is 17.1 Å². The van der Waals surface area contributed by atoms with Crippen molar-refractivity contribution in [2.75, 3.05) is 0 Å². The highest BCUT2D eigenvalue weighted by Crippen LogP contribution is 2.15. The van der Waals surface area contributed by atoms with Gasteiger partial charge in [-0.25, -0.2) is 4.99 Å². The Labute approximate surface area is 149 Å². The molecule has 1 aliphatic heterocycles. The largest absolute Gasteiger partial charge is 0.283 e. The molecule has 2 aromatic carbocycles. The number of hydrogen-bond acceptors (Lipinski definition) is 3. The lowest BCUT2D eigenvalue weighted by Gasteiger charge is -2.02. The highest BCUT2D eigenvalue weighted by atomic mass is 14.9. The molecule has 0 unspecified atom stereocenters. The summed E-state index contributed by atoms with van der Waals surface area (Å²) in [5.41, 5.74) is 6.43. The highest BCUT2D eigenvalue weighted by Gasteiger charge is 2.13. The summed E-state index contributed by atoms with van der Waals surface area (Å²) >= 11 is 0. The van der Waals surface area contributed by atoms with Gasteiger partial charge in [0.15, 0.2) is 0 Å². The van der Waals surface area contributed by atoms with Crippen molar-refractivity contribution in [3.8, 4) is 0 Å². The lowest BCUT2D eigenvalue weighted by molar-refractivity contribution is 1.06. The minimum atomic E-state index is 0.690. The van der Waals surface area contributed by atoms with Gasteiger partial charge >= 0.3 is 0 Å². The number of nitrogens with zero attached hydrogens (tertiary/aromatic N) is 3. The summed E-state index contributed by atoms with van der Waals surface area (Å²) < 4.78 is 0. The zero-order chi connectivity index (χ0) is 17.5. The Morgan fingerprint density at radius 1 is 0.800 bits per heavy atom. The molecule has 0 N–H and O–H groups in total. The SMILES string of the molecule is CC(=NCc1ccccc1)C1=CCC(C(C)=NCc2ccccc2)=N1. The summed E-state index contributed by atoms with van der Waals surface area (Å²) in [4.78, 5) is 14.1. The Bertz CT molecular complexity index is 828. The van der Waals surface area contributed by atoms with Gasteiger partial charge in [0.1, 0.15) is 0 Å². The van der Waals surface area contributed by atoms with Crippen molar-refractivity contribution >= 4 is 17.1 Å². The molecule has 2 aromatic rings. The van der Waals surface area contributed by atoms with Crippen LogP contribution in [0.1, 0.15) is 31.4 Å². The van der Waals surface area contributed by atoms with Gasteiger partial charge in [-0.1, -0.05) is 66.7 Å². The fourth-order valence-electron chi connectivity index (χ4n) is 2.65. The molecule has 0 radical (unpaired) electrons. The molecule has 0 bridgehead atoms. The van der Waals surface area contributed by atoms with Gasteiger partial charge in [0, 0.05) is 6.42 Å².